The molecule has 2 heterocycles. The average molecular weight is 310 g/mol. The molecule has 1 aromatic heterocycles. The van der Waals surface area contributed by atoms with Crippen molar-refractivity contribution >= 4 is 5.95 Å². The minimum absolute atomic E-state index is 0.534. The maximum atomic E-state index is 4.45. The molecule has 2 aromatic rings. The van der Waals surface area contributed by atoms with Gasteiger partial charge in [0.1, 0.15) is 0 Å². The lowest BCUT2D eigenvalue weighted by atomic mass is 10.0. The fourth-order valence-electron chi connectivity index (χ4n) is 3.15. The first-order valence-corrected chi connectivity index (χ1v) is 8.41. The third-order valence-corrected chi connectivity index (χ3v) is 4.71. The van der Waals surface area contributed by atoms with Gasteiger partial charge in [-0.05, 0) is 37.8 Å². The highest BCUT2D eigenvalue weighted by atomic mass is 15.3. The van der Waals surface area contributed by atoms with Crippen LogP contribution in [0.1, 0.15) is 29.5 Å². The number of aromatic nitrogens is 2. The van der Waals surface area contributed by atoms with E-state index in [2.05, 4.69) is 58.0 Å². The third kappa shape index (κ3) is 4.08. The van der Waals surface area contributed by atoms with E-state index >= 15 is 0 Å². The third-order valence-electron chi connectivity index (χ3n) is 4.71. The first kappa shape index (κ1) is 15.9. The Morgan fingerprint density at radius 2 is 1.61 bits per heavy atom. The second-order valence-corrected chi connectivity index (χ2v) is 6.66. The zero-order chi connectivity index (χ0) is 16.2. The molecule has 0 unspecified atom stereocenters. The van der Waals surface area contributed by atoms with Gasteiger partial charge in [0.2, 0.25) is 5.95 Å². The van der Waals surface area contributed by atoms with Crippen molar-refractivity contribution in [2.45, 2.75) is 39.3 Å². The molecular weight excluding hydrogens is 284 g/mol. The molecule has 0 radical (unpaired) electrons. The summed E-state index contributed by atoms with van der Waals surface area (Å²) in [7, 11) is 2.12. The summed E-state index contributed by atoms with van der Waals surface area (Å²) in [5.74, 6) is 0.840. The van der Waals surface area contributed by atoms with Gasteiger partial charge in [-0.2, -0.15) is 0 Å². The molecule has 3 rings (SSSR count). The van der Waals surface area contributed by atoms with E-state index < -0.39 is 0 Å². The van der Waals surface area contributed by atoms with Gasteiger partial charge in [0.15, 0.2) is 0 Å². The molecule has 23 heavy (non-hydrogen) atoms. The van der Waals surface area contributed by atoms with E-state index in [1.165, 1.54) is 24.0 Å². The fraction of sp³-hybridized carbons (Fsp3) is 0.474. The SMILES string of the molecule is Cc1ccc(CN2CCC(N(C)c3ncc(C)cn3)CC2)cc1. The Balaban J connectivity index is 1.53. The van der Waals surface area contributed by atoms with E-state index in [9.17, 15) is 0 Å². The number of likely N-dealkylation sites (tertiary alicyclic amines) is 1. The number of nitrogens with zero attached hydrogens (tertiary/aromatic N) is 4. The van der Waals surface area contributed by atoms with Crippen LogP contribution >= 0.6 is 0 Å². The van der Waals surface area contributed by atoms with Crippen molar-refractivity contribution in [3.05, 3.63) is 53.3 Å². The van der Waals surface area contributed by atoms with Crippen LogP contribution in [0.3, 0.4) is 0 Å². The predicted octanol–water partition coefficient (Wildman–Crippen LogP) is 3.19. The first-order valence-electron chi connectivity index (χ1n) is 8.41. The predicted molar refractivity (Wildman–Crippen MR) is 94.7 cm³/mol. The van der Waals surface area contributed by atoms with Gasteiger partial charge in [-0.25, -0.2) is 9.97 Å². The Morgan fingerprint density at radius 1 is 1.00 bits per heavy atom. The molecular formula is C19H26N4. The Labute approximate surface area is 139 Å². The highest BCUT2D eigenvalue weighted by Crippen LogP contribution is 2.20. The molecule has 122 valence electrons. The van der Waals surface area contributed by atoms with Crippen LogP contribution in [0.25, 0.3) is 0 Å². The topological polar surface area (TPSA) is 32.3 Å². The summed E-state index contributed by atoms with van der Waals surface area (Å²) in [4.78, 5) is 13.7. The number of aryl methyl sites for hydroxylation is 2. The van der Waals surface area contributed by atoms with E-state index in [4.69, 9.17) is 0 Å². The van der Waals surface area contributed by atoms with Crippen molar-refractivity contribution in [2.75, 3.05) is 25.0 Å². The summed E-state index contributed by atoms with van der Waals surface area (Å²) in [6.45, 7) is 7.48. The van der Waals surface area contributed by atoms with Gasteiger partial charge < -0.3 is 4.90 Å². The number of rotatable bonds is 4. The van der Waals surface area contributed by atoms with Gasteiger partial charge in [-0.15, -0.1) is 0 Å². The second-order valence-electron chi connectivity index (χ2n) is 6.66. The summed E-state index contributed by atoms with van der Waals surface area (Å²) in [5, 5.41) is 0. The van der Waals surface area contributed by atoms with Crippen LogP contribution in [-0.4, -0.2) is 41.0 Å². The Bertz CT molecular complexity index is 613. The zero-order valence-corrected chi connectivity index (χ0v) is 14.4. The smallest absolute Gasteiger partial charge is 0.225 e. The molecule has 1 aliphatic heterocycles. The maximum Gasteiger partial charge on any atom is 0.225 e. The molecule has 0 N–H and O–H groups in total. The van der Waals surface area contributed by atoms with Gasteiger partial charge in [0, 0.05) is 45.1 Å². The quantitative estimate of drug-likeness (QED) is 0.868. The minimum Gasteiger partial charge on any atom is -0.341 e. The number of hydrogen-bond donors (Lipinski definition) is 0. The van der Waals surface area contributed by atoms with E-state index in [0.717, 1.165) is 31.1 Å². The van der Waals surface area contributed by atoms with E-state index in [-0.39, 0.29) is 0 Å². The van der Waals surface area contributed by atoms with Gasteiger partial charge in [-0.1, -0.05) is 29.8 Å². The van der Waals surface area contributed by atoms with Crippen LogP contribution in [0.5, 0.6) is 0 Å². The van der Waals surface area contributed by atoms with Crippen molar-refractivity contribution in [3.8, 4) is 0 Å². The number of hydrogen-bond acceptors (Lipinski definition) is 4. The Morgan fingerprint density at radius 3 is 2.22 bits per heavy atom. The lowest BCUT2D eigenvalue weighted by molar-refractivity contribution is 0.203. The summed E-state index contributed by atoms with van der Waals surface area (Å²) in [6, 6.07) is 9.42. The van der Waals surface area contributed by atoms with Crippen molar-refractivity contribution < 1.29 is 0 Å². The monoisotopic (exact) mass is 310 g/mol. The Kier molecular flexibility index (Phi) is 4.91. The minimum atomic E-state index is 0.534. The van der Waals surface area contributed by atoms with Gasteiger partial charge in [0.05, 0.1) is 0 Å². The lowest BCUT2D eigenvalue weighted by Gasteiger charge is -2.36. The van der Waals surface area contributed by atoms with Crippen LogP contribution in [0, 0.1) is 13.8 Å². The van der Waals surface area contributed by atoms with E-state index in [1.54, 1.807) is 0 Å². The summed E-state index contributed by atoms with van der Waals surface area (Å²) < 4.78 is 0. The molecule has 4 nitrogen and oxygen atoms in total. The standard InChI is InChI=1S/C19H26N4/c1-15-4-6-17(7-5-15)14-23-10-8-18(9-11-23)22(3)19-20-12-16(2)13-21-19/h4-7,12-13,18H,8-11,14H2,1-3H3. The highest BCUT2D eigenvalue weighted by Gasteiger charge is 2.23. The molecule has 0 amide bonds. The van der Waals surface area contributed by atoms with E-state index in [0.29, 0.717) is 6.04 Å². The second kappa shape index (κ2) is 7.09. The van der Waals surface area contributed by atoms with Crippen LogP contribution < -0.4 is 4.90 Å². The van der Waals surface area contributed by atoms with Crippen LogP contribution in [0.2, 0.25) is 0 Å². The molecule has 1 aromatic carbocycles. The summed E-state index contributed by atoms with van der Waals surface area (Å²) in [5.41, 5.74) is 3.84. The molecule has 4 heteroatoms. The molecule has 0 atom stereocenters. The van der Waals surface area contributed by atoms with E-state index in [1.807, 2.05) is 19.3 Å². The van der Waals surface area contributed by atoms with Gasteiger partial charge >= 0.3 is 0 Å². The zero-order valence-electron chi connectivity index (χ0n) is 14.4. The first-order chi connectivity index (χ1) is 11.1. The van der Waals surface area contributed by atoms with Crippen molar-refractivity contribution in [1.29, 1.82) is 0 Å². The molecule has 1 saturated heterocycles. The fourth-order valence-corrected chi connectivity index (χ4v) is 3.15. The van der Waals surface area contributed by atoms with Gasteiger partial charge in [0.25, 0.3) is 0 Å². The number of benzene rings is 1. The highest BCUT2D eigenvalue weighted by molar-refractivity contribution is 5.30. The van der Waals surface area contributed by atoms with Crippen LogP contribution in [-0.2, 0) is 6.54 Å². The van der Waals surface area contributed by atoms with Gasteiger partial charge in [-0.3, -0.25) is 4.90 Å². The summed E-state index contributed by atoms with van der Waals surface area (Å²) in [6.07, 6.45) is 6.12. The molecule has 1 fully saturated rings. The normalized spacial score (nSPS) is 16.5. The van der Waals surface area contributed by atoms with Crippen LogP contribution in [0.4, 0.5) is 5.95 Å². The van der Waals surface area contributed by atoms with Crippen molar-refractivity contribution in [3.63, 3.8) is 0 Å². The molecule has 0 bridgehead atoms. The maximum absolute atomic E-state index is 4.45. The average Bonchev–Trinajstić information content (AvgIpc) is 2.58. The lowest BCUT2D eigenvalue weighted by Crippen LogP contribution is -2.43. The summed E-state index contributed by atoms with van der Waals surface area (Å²) >= 11 is 0. The molecule has 1 aliphatic rings. The largest absolute Gasteiger partial charge is 0.341 e. The molecule has 0 saturated carbocycles. The van der Waals surface area contributed by atoms with Crippen molar-refractivity contribution in [2.24, 2.45) is 0 Å². The number of piperidine rings is 1. The van der Waals surface area contributed by atoms with Crippen molar-refractivity contribution in [1.82, 2.24) is 14.9 Å². The Hall–Kier alpha value is -1.94. The molecule has 0 spiro atoms. The molecule has 0 aliphatic carbocycles. The number of anilines is 1. The van der Waals surface area contributed by atoms with Crippen LogP contribution in [0.15, 0.2) is 36.7 Å².